The van der Waals surface area contributed by atoms with Crippen LogP contribution in [0.15, 0.2) is 66.9 Å². The lowest BCUT2D eigenvalue weighted by Crippen LogP contribution is -2.35. The summed E-state index contributed by atoms with van der Waals surface area (Å²) in [5.41, 5.74) is 3.98. The fourth-order valence-electron chi connectivity index (χ4n) is 6.36. The van der Waals surface area contributed by atoms with Crippen molar-refractivity contribution < 1.29 is 12.8 Å². The van der Waals surface area contributed by atoms with E-state index in [0.717, 1.165) is 28.6 Å². The van der Waals surface area contributed by atoms with Crippen molar-refractivity contribution >= 4 is 20.9 Å². The monoisotopic (exact) mass is 463 g/mol. The first-order valence-corrected chi connectivity index (χ1v) is 13.2. The molecule has 4 atom stereocenters. The van der Waals surface area contributed by atoms with Crippen LogP contribution in [0.1, 0.15) is 17.5 Å². The smallest absolute Gasteiger partial charge is 0.211 e. The van der Waals surface area contributed by atoms with Gasteiger partial charge in [0.25, 0.3) is 0 Å². The van der Waals surface area contributed by atoms with Crippen LogP contribution in [0.25, 0.3) is 16.6 Å². The molecule has 0 radical (unpaired) electrons. The number of piperidine rings is 1. The highest BCUT2D eigenvalue weighted by atomic mass is 32.2. The zero-order valence-corrected chi connectivity index (χ0v) is 19.5. The van der Waals surface area contributed by atoms with Gasteiger partial charge < -0.3 is 0 Å². The van der Waals surface area contributed by atoms with Crippen LogP contribution >= 0.6 is 0 Å². The number of aryl methyl sites for hydroxylation is 1. The Balaban J connectivity index is 1.45. The summed E-state index contributed by atoms with van der Waals surface area (Å²) in [7, 11) is -3.24. The van der Waals surface area contributed by atoms with E-state index in [4.69, 9.17) is 0 Å². The highest BCUT2D eigenvalue weighted by molar-refractivity contribution is 7.88. The molecule has 3 aliphatic rings. The SMILES string of the molecule is Cc1cc2c(cnn2-c2ccc(F)cc2)cc1[C@]12CN(S(C)(=O)=O)C[C@H]1[C@@H]2C1C=CC=CC1. The predicted octanol–water partition coefficient (Wildman–Crippen LogP) is 4.36. The number of nitrogens with zero attached hydrogens (tertiary/aromatic N) is 3. The molecule has 0 bridgehead atoms. The Bertz CT molecular complexity index is 1420. The average molecular weight is 464 g/mol. The van der Waals surface area contributed by atoms with Gasteiger partial charge in [0.15, 0.2) is 0 Å². The highest BCUT2D eigenvalue weighted by Gasteiger charge is 2.72. The van der Waals surface area contributed by atoms with Gasteiger partial charge in [-0.15, -0.1) is 0 Å². The van der Waals surface area contributed by atoms with E-state index in [2.05, 4.69) is 48.5 Å². The van der Waals surface area contributed by atoms with E-state index in [0.29, 0.717) is 30.8 Å². The summed E-state index contributed by atoms with van der Waals surface area (Å²) >= 11 is 0. The predicted molar refractivity (Wildman–Crippen MR) is 127 cm³/mol. The van der Waals surface area contributed by atoms with Gasteiger partial charge in [-0.1, -0.05) is 24.3 Å². The van der Waals surface area contributed by atoms with Crippen molar-refractivity contribution in [3.8, 4) is 5.69 Å². The van der Waals surface area contributed by atoms with Crippen LogP contribution in [-0.4, -0.2) is 41.8 Å². The Morgan fingerprint density at radius 1 is 1.15 bits per heavy atom. The van der Waals surface area contributed by atoms with Crippen LogP contribution in [0.2, 0.25) is 0 Å². The summed E-state index contributed by atoms with van der Waals surface area (Å²) in [4.78, 5) is 0. The number of hydrogen-bond acceptors (Lipinski definition) is 3. The van der Waals surface area contributed by atoms with E-state index < -0.39 is 10.0 Å². The van der Waals surface area contributed by atoms with E-state index in [1.54, 1.807) is 16.4 Å². The molecule has 0 N–H and O–H groups in total. The van der Waals surface area contributed by atoms with Gasteiger partial charge in [0.05, 0.1) is 23.7 Å². The van der Waals surface area contributed by atoms with E-state index in [9.17, 15) is 12.8 Å². The normalized spacial score (nSPS) is 29.0. The second-order valence-corrected chi connectivity index (χ2v) is 11.7. The molecule has 1 aromatic heterocycles. The molecule has 170 valence electrons. The summed E-state index contributed by atoms with van der Waals surface area (Å²) in [5, 5.41) is 5.58. The van der Waals surface area contributed by atoms with Gasteiger partial charge in [0.2, 0.25) is 10.0 Å². The number of fused-ring (bicyclic) bond motifs is 2. The summed E-state index contributed by atoms with van der Waals surface area (Å²) < 4.78 is 41.7. The van der Waals surface area contributed by atoms with Gasteiger partial charge in [-0.3, -0.25) is 0 Å². The fraction of sp³-hybridized carbons (Fsp3) is 0.346. The van der Waals surface area contributed by atoms with E-state index in [1.807, 2.05) is 10.9 Å². The molecule has 2 fully saturated rings. The van der Waals surface area contributed by atoms with Crippen LogP contribution in [0.5, 0.6) is 0 Å². The number of aromatic nitrogens is 2. The Morgan fingerprint density at radius 2 is 1.94 bits per heavy atom. The molecule has 6 rings (SSSR count). The Morgan fingerprint density at radius 3 is 2.64 bits per heavy atom. The first kappa shape index (κ1) is 20.8. The van der Waals surface area contributed by atoms with E-state index in [-0.39, 0.29) is 11.2 Å². The van der Waals surface area contributed by atoms with Gasteiger partial charge in [-0.25, -0.2) is 21.8 Å². The standard InChI is InChI=1S/C26H26FN3O2S/c1-17-12-24-19(14-28-30(24)21-10-8-20(27)9-11-21)13-22(17)26-16-29(33(2,31)32)15-23(26)25(26)18-6-4-3-5-7-18/h3-6,8-14,18,23,25H,7,15-16H2,1-2H3/t18?,23-,25-,26+/m0/s1. The van der Waals surface area contributed by atoms with Gasteiger partial charge in [0, 0.05) is 23.9 Å². The maximum Gasteiger partial charge on any atom is 0.211 e. The third-order valence-corrected chi connectivity index (χ3v) is 9.07. The van der Waals surface area contributed by atoms with Crippen molar-refractivity contribution in [3.63, 3.8) is 0 Å². The van der Waals surface area contributed by atoms with Crippen molar-refractivity contribution in [2.24, 2.45) is 17.8 Å². The lowest BCUT2D eigenvalue weighted by atomic mass is 9.83. The van der Waals surface area contributed by atoms with Crippen LogP contribution < -0.4 is 0 Å². The molecule has 5 nitrogen and oxygen atoms in total. The highest BCUT2D eigenvalue weighted by Crippen LogP contribution is 2.68. The van der Waals surface area contributed by atoms with Crippen molar-refractivity contribution in [3.05, 3.63) is 83.8 Å². The largest absolute Gasteiger partial charge is 0.233 e. The number of sulfonamides is 1. The third-order valence-electron chi connectivity index (χ3n) is 7.85. The van der Waals surface area contributed by atoms with Crippen molar-refractivity contribution in [2.45, 2.75) is 18.8 Å². The second kappa shape index (κ2) is 7.11. The minimum Gasteiger partial charge on any atom is -0.233 e. The van der Waals surface area contributed by atoms with Gasteiger partial charge in [-0.05, 0) is 78.6 Å². The summed E-state index contributed by atoms with van der Waals surface area (Å²) in [5.74, 6) is 0.900. The molecule has 1 aliphatic heterocycles. The molecular weight excluding hydrogens is 437 g/mol. The molecule has 2 aromatic carbocycles. The number of halogens is 1. The first-order valence-electron chi connectivity index (χ1n) is 11.3. The number of benzene rings is 2. The Hall–Kier alpha value is -2.77. The van der Waals surface area contributed by atoms with Crippen molar-refractivity contribution in [1.29, 1.82) is 0 Å². The molecule has 1 saturated carbocycles. The van der Waals surface area contributed by atoms with Crippen LogP contribution in [0.4, 0.5) is 4.39 Å². The zero-order valence-electron chi connectivity index (χ0n) is 18.6. The maximum absolute atomic E-state index is 13.4. The maximum atomic E-state index is 13.4. The zero-order chi connectivity index (χ0) is 23.0. The van der Waals surface area contributed by atoms with E-state index >= 15 is 0 Å². The Kier molecular flexibility index (Phi) is 4.48. The van der Waals surface area contributed by atoms with E-state index in [1.165, 1.54) is 24.0 Å². The molecule has 2 heterocycles. The number of allylic oxidation sites excluding steroid dienone is 4. The van der Waals surface area contributed by atoms with Crippen LogP contribution in [-0.2, 0) is 15.4 Å². The second-order valence-electron chi connectivity index (χ2n) is 9.70. The lowest BCUT2D eigenvalue weighted by Gasteiger charge is -2.27. The topological polar surface area (TPSA) is 55.2 Å². The molecule has 0 amide bonds. The van der Waals surface area contributed by atoms with Gasteiger partial charge >= 0.3 is 0 Å². The molecule has 1 unspecified atom stereocenters. The molecule has 7 heteroatoms. The summed E-state index contributed by atoms with van der Waals surface area (Å²) in [6, 6.07) is 10.7. The van der Waals surface area contributed by atoms with Crippen molar-refractivity contribution in [2.75, 3.05) is 19.3 Å². The number of hydrogen-bond donors (Lipinski definition) is 0. The van der Waals surface area contributed by atoms with Gasteiger partial charge in [-0.2, -0.15) is 5.10 Å². The minimum atomic E-state index is -3.24. The molecule has 33 heavy (non-hydrogen) atoms. The average Bonchev–Trinajstić information content (AvgIpc) is 3.07. The molecule has 3 aromatic rings. The first-order chi connectivity index (χ1) is 15.8. The number of rotatable bonds is 4. The molecule has 2 aliphatic carbocycles. The van der Waals surface area contributed by atoms with Crippen LogP contribution in [0, 0.1) is 30.5 Å². The molecular formula is C26H26FN3O2S. The van der Waals surface area contributed by atoms with Crippen LogP contribution in [0.3, 0.4) is 0 Å². The summed E-state index contributed by atoms with van der Waals surface area (Å²) in [6.45, 7) is 3.23. The minimum absolute atomic E-state index is 0.167. The molecule has 0 spiro atoms. The molecule has 1 saturated heterocycles. The quantitative estimate of drug-likeness (QED) is 0.578. The third kappa shape index (κ3) is 3.13. The van der Waals surface area contributed by atoms with Gasteiger partial charge in [0.1, 0.15) is 5.82 Å². The lowest BCUT2D eigenvalue weighted by molar-refractivity contribution is 0.363. The Labute approximate surface area is 193 Å². The fourth-order valence-corrected chi connectivity index (χ4v) is 7.24. The summed E-state index contributed by atoms with van der Waals surface area (Å²) in [6.07, 6.45) is 12.9. The van der Waals surface area contributed by atoms with Crippen molar-refractivity contribution in [1.82, 2.24) is 14.1 Å².